The van der Waals surface area contributed by atoms with Gasteiger partial charge in [0.2, 0.25) is 6.79 Å². The maximum atomic E-state index is 12.0. The molecule has 1 aromatic rings. The molecule has 8 heteroatoms. The number of hydrazine groups is 1. The van der Waals surface area contributed by atoms with E-state index in [9.17, 15) is 4.79 Å². The van der Waals surface area contributed by atoms with Crippen LogP contribution >= 0.6 is 12.2 Å². The van der Waals surface area contributed by atoms with Crippen molar-refractivity contribution in [2.45, 2.75) is 18.9 Å². The molecule has 2 heterocycles. The molecule has 118 valence electrons. The number of ether oxygens (including phenoxy) is 3. The van der Waals surface area contributed by atoms with Crippen molar-refractivity contribution in [2.75, 3.05) is 19.9 Å². The average Bonchev–Trinajstić information content (AvgIpc) is 3.20. The molecular weight excluding hydrogens is 306 g/mol. The molecule has 2 aliphatic rings. The van der Waals surface area contributed by atoms with Crippen LogP contribution in [0.3, 0.4) is 0 Å². The summed E-state index contributed by atoms with van der Waals surface area (Å²) >= 11 is 5.10. The van der Waals surface area contributed by atoms with Crippen LogP contribution in [0.15, 0.2) is 18.2 Å². The number of carbonyl (C=O) groups is 1. The molecule has 7 nitrogen and oxygen atoms in total. The molecule has 2 aliphatic heterocycles. The third kappa shape index (κ3) is 3.58. The van der Waals surface area contributed by atoms with Crippen molar-refractivity contribution in [1.82, 2.24) is 16.2 Å². The Morgan fingerprint density at radius 3 is 2.95 bits per heavy atom. The quantitative estimate of drug-likeness (QED) is 0.558. The lowest BCUT2D eigenvalue weighted by Gasteiger charge is -2.14. The first kappa shape index (κ1) is 14.9. The van der Waals surface area contributed by atoms with Gasteiger partial charge in [0.25, 0.3) is 5.91 Å². The molecule has 0 radical (unpaired) electrons. The highest BCUT2D eigenvalue weighted by Gasteiger charge is 2.17. The van der Waals surface area contributed by atoms with E-state index in [1.165, 1.54) is 0 Å². The SMILES string of the molecule is O=C(NNC(=S)NC[C@H]1CCCO1)c1ccc2c(c1)OCO2. The number of amides is 1. The predicted molar refractivity (Wildman–Crippen MR) is 82.7 cm³/mol. The van der Waals surface area contributed by atoms with Gasteiger partial charge in [-0.25, -0.2) is 0 Å². The molecule has 0 aliphatic carbocycles. The summed E-state index contributed by atoms with van der Waals surface area (Å²) < 4.78 is 15.9. The van der Waals surface area contributed by atoms with Gasteiger partial charge in [-0.3, -0.25) is 15.6 Å². The lowest BCUT2D eigenvalue weighted by atomic mass is 10.2. The third-order valence-electron chi connectivity index (χ3n) is 3.44. The van der Waals surface area contributed by atoms with Gasteiger partial charge < -0.3 is 19.5 Å². The fraction of sp³-hybridized carbons (Fsp3) is 0.429. The zero-order valence-electron chi connectivity index (χ0n) is 11.9. The van der Waals surface area contributed by atoms with Crippen molar-refractivity contribution in [1.29, 1.82) is 0 Å². The van der Waals surface area contributed by atoms with Crippen LogP contribution in [0, 0.1) is 0 Å². The maximum Gasteiger partial charge on any atom is 0.269 e. The number of nitrogens with one attached hydrogen (secondary N) is 3. The monoisotopic (exact) mass is 323 g/mol. The highest BCUT2D eigenvalue weighted by molar-refractivity contribution is 7.80. The summed E-state index contributed by atoms with van der Waals surface area (Å²) in [7, 11) is 0. The van der Waals surface area contributed by atoms with E-state index in [1.54, 1.807) is 18.2 Å². The molecule has 1 saturated heterocycles. The van der Waals surface area contributed by atoms with Gasteiger partial charge in [0, 0.05) is 18.7 Å². The Morgan fingerprint density at radius 1 is 1.27 bits per heavy atom. The zero-order chi connectivity index (χ0) is 15.4. The Labute approximate surface area is 133 Å². The van der Waals surface area contributed by atoms with E-state index < -0.39 is 0 Å². The van der Waals surface area contributed by atoms with Crippen LogP contribution in [0.1, 0.15) is 23.2 Å². The number of thiocarbonyl (C=S) groups is 1. The van der Waals surface area contributed by atoms with E-state index >= 15 is 0 Å². The third-order valence-corrected chi connectivity index (χ3v) is 3.69. The van der Waals surface area contributed by atoms with Crippen LogP contribution in [0.5, 0.6) is 11.5 Å². The van der Waals surface area contributed by atoms with Gasteiger partial charge in [-0.1, -0.05) is 0 Å². The first-order chi connectivity index (χ1) is 10.7. The number of benzene rings is 1. The summed E-state index contributed by atoms with van der Waals surface area (Å²) in [6.45, 7) is 1.61. The highest BCUT2D eigenvalue weighted by Crippen LogP contribution is 2.32. The highest BCUT2D eigenvalue weighted by atomic mass is 32.1. The molecule has 0 spiro atoms. The second kappa shape index (κ2) is 6.80. The molecule has 0 bridgehead atoms. The van der Waals surface area contributed by atoms with E-state index in [0.29, 0.717) is 28.7 Å². The smallest absolute Gasteiger partial charge is 0.269 e. The summed E-state index contributed by atoms with van der Waals surface area (Å²) in [6.07, 6.45) is 2.29. The van der Waals surface area contributed by atoms with Gasteiger partial charge >= 0.3 is 0 Å². The van der Waals surface area contributed by atoms with E-state index in [0.717, 1.165) is 19.4 Å². The minimum absolute atomic E-state index is 0.176. The molecule has 1 aromatic carbocycles. The summed E-state index contributed by atoms with van der Waals surface area (Å²) in [5.74, 6) is 0.893. The molecule has 0 unspecified atom stereocenters. The zero-order valence-corrected chi connectivity index (χ0v) is 12.7. The normalized spacial score (nSPS) is 18.8. The number of carbonyl (C=O) groups excluding carboxylic acids is 1. The molecule has 1 atom stereocenters. The number of hydrogen-bond acceptors (Lipinski definition) is 5. The molecule has 3 N–H and O–H groups in total. The molecule has 1 amide bonds. The van der Waals surface area contributed by atoms with E-state index in [4.69, 9.17) is 26.4 Å². The summed E-state index contributed by atoms with van der Waals surface area (Å²) in [4.78, 5) is 12.0. The van der Waals surface area contributed by atoms with Gasteiger partial charge in [-0.05, 0) is 43.3 Å². The van der Waals surface area contributed by atoms with Crippen LogP contribution in [-0.4, -0.2) is 37.1 Å². The predicted octanol–water partition coefficient (Wildman–Crippen LogP) is 0.703. The molecular formula is C14H17N3O4S. The first-order valence-electron chi connectivity index (χ1n) is 7.08. The molecule has 0 aromatic heterocycles. The Bertz CT molecular complexity index is 575. The van der Waals surface area contributed by atoms with Crippen molar-refractivity contribution >= 4 is 23.2 Å². The van der Waals surface area contributed by atoms with Crippen molar-refractivity contribution in [2.24, 2.45) is 0 Å². The van der Waals surface area contributed by atoms with E-state index in [1.807, 2.05) is 0 Å². The summed E-state index contributed by atoms with van der Waals surface area (Å²) in [5.41, 5.74) is 5.66. The van der Waals surface area contributed by atoms with Crippen molar-refractivity contribution in [3.05, 3.63) is 23.8 Å². The first-order valence-corrected chi connectivity index (χ1v) is 7.48. The molecule has 3 rings (SSSR count). The van der Waals surface area contributed by atoms with Gasteiger partial charge in [-0.15, -0.1) is 0 Å². The Morgan fingerprint density at radius 2 is 2.14 bits per heavy atom. The van der Waals surface area contributed by atoms with Crippen LogP contribution in [0.2, 0.25) is 0 Å². The standard InChI is InChI=1S/C14H17N3O4S/c18-13(9-3-4-11-12(6-9)21-8-20-11)16-17-14(22)15-7-10-2-1-5-19-10/h3-4,6,10H,1-2,5,7-8H2,(H,16,18)(H2,15,17,22)/t10-/m1/s1. The van der Waals surface area contributed by atoms with Gasteiger partial charge in [-0.2, -0.15) is 0 Å². The van der Waals surface area contributed by atoms with Crippen molar-refractivity contribution in [3.8, 4) is 11.5 Å². The fourth-order valence-corrected chi connectivity index (χ4v) is 2.41. The number of hydrogen-bond donors (Lipinski definition) is 3. The second-order valence-corrected chi connectivity index (χ2v) is 5.40. The molecule has 1 fully saturated rings. The van der Waals surface area contributed by atoms with Crippen molar-refractivity contribution in [3.63, 3.8) is 0 Å². The fourth-order valence-electron chi connectivity index (χ4n) is 2.28. The minimum atomic E-state index is -0.306. The van der Waals surface area contributed by atoms with Crippen LogP contribution < -0.4 is 25.6 Å². The van der Waals surface area contributed by atoms with Gasteiger partial charge in [0.1, 0.15) is 0 Å². The van der Waals surface area contributed by atoms with Gasteiger partial charge in [0.15, 0.2) is 16.6 Å². The van der Waals surface area contributed by atoms with Crippen LogP contribution in [0.25, 0.3) is 0 Å². The van der Waals surface area contributed by atoms with Crippen LogP contribution in [-0.2, 0) is 4.74 Å². The summed E-state index contributed by atoms with van der Waals surface area (Å²) in [5, 5.41) is 3.36. The Balaban J connectivity index is 1.44. The largest absolute Gasteiger partial charge is 0.454 e. The van der Waals surface area contributed by atoms with Gasteiger partial charge in [0.05, 0.1) is 6.10 Å². The number of rotatable bonds is 3. The number of fused-ring (bicyclic) bond motifs is 1. The van der Waals surface area contributed by atoms with Crippen molar-refractivity contribution < 1.29 is 19.0 Å². The average molecular weight is 323 g/mol. The second-order valence-electron chi connectivity index (χ2n) is 4.99. The summed E-state index contributed by atoms with van der Waals surface area (Å²) in [6, 6.07) is 4.99. The van der Waals surface area contributed by atoms with E-state index in [-0.39, 0.29) is 18.8 Å². The molecule has 0 saturated carbocycles. The van der Waals surface area contributed by atoms with E-state index in [2.05, 4.69) is 16.2 Å². The lowest BCUT2D eigenvalue weighted by molar-refractivity contribution is 0.0942. The topological polar surface area (TPSA) is 80.9 Å². The Hall–Kier alpha value is -2.06. The lowest BCUT2D eigenvalue weighted by Crippen LogP contribution is -2.48. The van der Waals surface area contributed by atoms with Crippen LogP contribution in [0.4, 0.5) is 0 Å². The Kier molecular flexibility index (Phi) is 4.59. The molecule has 22 heavy (non-hydrogen) atoms. The minimum Gasteiger partial charge on any atom is -0.454 e. The maximum absolute atomic E-state index is 12.0.